The highest BCUT2D eigenvalue weighted by atomic mass is 16.1. The average Bonchev–Trinajstić information content (AvgIpc) is 2.16. The molecule has 12 heavy (non-hydrogen) atoms. The third-order valence-corrected chi connectivity index (χ3v) is 1.71. The first kappa shape index (κ1) is 8.87. The Balaban J connectivity index is 2.56. The molecule has 64 valence electrons. The van der Waals surface area contributed by atoms with E-state index in [9.17, 15) is 4.79 Å². The smallest absolute Gasteiger partial charge is 0.137 e. The van der Waals surface area contributed by atoms with Crippen molar-refractivity contribution in [2.45, 2.75) is 12.5 Å². The second kappa shape index (κ2) is 4.62. The normalized spacial score (nSPS) is 12.4. The van der Waals surface area contributed by atoms with Gasteiger partial charge in [-0.3, -0.25) is 4.98 Å². The van der Waals surface area contributed by atoms with Crippen molar-refractivity contribution in [1.82, 2.24) is 10.3 Å². The van der Waals surface area contributed by atoms with E-state index in [1.165, 1.54) is 0 Å². The molecule has 0 aliphatic carbocycles. The number of rotatable bonds is 4. The van der Waals surface area contributed by atoms with Crippen LogP contribution in [-0.4, -0.2) is 24.4 Å². The highest BCUT2D eigenvalue weighted by Gasteiger charge is 2.03. The van der Waals surface area contributed by atoms with Crippen molar-refractivity contribution in [3.8, 4) is 0 Å². The third-order valence-electron chi connectivity index (χ3n) is 1.71. The van der Waals surface area contributed by atoms with Crippen LogP contribution >= 0.6 is 0 Å². The lowest BCUT2D eigenvalue weighted by Gasteiger charge is -2.07. The van der Waals surface area contributed by atoms with E-state index in [2.05, 4.69) is 10.3 Å². The summed E-state index contributed by atoms with van der Waals surface area (Å²) in [4.78, 5) is 14.4. The first-order chi connectivity index (χ1) is 5.86. The summed E-state index contributed by atoms with van der Waals surface area (Å²) in [6.45, 7) is 0. The van der Waals surface area contributed by atoms with Crippen LogP contribution in [0.5, 0.6) is 0 Å². The molecule has 0 aromatic carbocycles. The molecule has 1 heterocycles. The SMILES string of the molecule is CN[C@H](C=O)Cc1cccnc1. The van der Waals surface area contributed by atoms with Gasteiger partial charge in [-0.2, -0.15) is 0 Å². The largest absolute Gasteiger partial charge is 0.311 e. The fourth-order valence-electron chi connectivity index (χ4n) is 0.991. The van der Waals surface area contributed by atoms with E-state index in [1.807, 2.05) is 12.1 Å². The predicted molar refractivity (Wildman–Crippen MR) is 46.9 cm³/mol. The van der Waals surface area contributed by atoms with Gasteiger partial charge in [-0.05, 0) is 25.1 Å². The van der Waals surface area contributed by atoms with Crippen LogP contribution < -0.4 is 5.32 Å². The number of nitrogens with zero attached hydrogens (tertiary/aromatic N) is 1. The summed E-state index contributed by atoms with van der Waals surface area (Å²) in [7, 11) is 1.77. The summed E-state index contributed by atoms with van der Waals surface area (Å²) < 4.78 is 0. The standard InChI is InChI=1S/C9H12N2O/c1-10-9(7-12)5-8-3-2-4-11-6-8/h2-4,6-7,9-10H,5H2,1H3/t9-/m0/s1. The minimum absolute atomic E-state index is 0.103. The van der Waals surface area contributed by atoms with E-state index >= 15 is 0 Å². The lowest BCUT2D eigenvalue weighted by molar-refractivity contribution is -0.109. The van der Waals surface area contributed by atoms with Crippen molar-refractivity contribution in [1.29, 1.82) is 0 Å². The molecule has 0 spiro atoms. The Morgan fingerprint density at radius 2 is 2.58 bits per heavy atom. The van der Waals surface area contributed by atoms with E-state index < -0.39 is 0 Å². The Morgan fingerprint density at radius 3 is 3.08 bits per heavy atom. The van der Waals surface area contributed by atoms with Gasteiger partial charge in [-0.15, -0.1) is 0 Å². The zero-order chi connectivity index (χ0) is 8.81. The third kappa shape index (κ3) is 2.43. The van der Waals surface area contributed by atoms with Crippen molar-refractivity contribution >= 4 is 6.29 Å². The van der Waals surface area contributed by atoms with Gasteiger partial charge < -0.3 is 10.1 Å². The summed E-state index contributed by atoms with van der Waals surface area (Å²) in [5, 5.41) is 2.90. The maximum atomic E-state index is 10.5. The van der Waals surface area contributed by atoms with Crippen molar-refractivity contribution in [2.75, 3.05) is 7.05 Å². The summed E-state index contributed by atoms with van der Waals surface area (Å²) in [6.07, 6.45) is 5.10. The lowest BCUT2D eigenvalue weighted by atomic mass is 10.1. The van der Waals surface area contributed by atoms with Gasteiger partial charge >= 0.3 is 0 Å². The van der Waals surface area contributed by atoms with Crippen LogP contribution in [0.4, 0.5) is 0 Å². The molecule has 1 N–H and O–H groups in total. The molecule has 0 aliphatic rings. The van der Waals surface area contributed by atoms with E-state index in [4.69, 9.17) is 0 Å². The fraction of sp³-hybridized carbons (Fsp3) is 0.333. The van der Waals surface area contributed by atoms with Gasteiger partial charge in [0.25, 0.3) is 0 Å². The van der Waals surface area contributed by atoms with Gasteiger partial charge in [0.05, 0.1) is 6.04 Å². The molecule has 0 radical (unpaired) electrons. The molecule has 1 aromatic rings. The number of nitrogens with one attached hydrogen (secondary N) is 1. The predicted octanol–water partition coefficient (Wildman–Crippen LogP) is 0.411. The van der Waals surface area contributed by atoms with Crippen LogP contribution in [0, 0.1) is 0 Å². The first-order valence-electron chi connectivity index (χ1n) is 3.88. The zero-order valence-electron chi connectivity index (χ0n) is 7.03. The monoisotopic (exact) mass is 164 g/mol. The topological polar surface area (TPSA) is 42.0 Å². The molecule has 0 aliphatic heterocycles. The van der Waals surface area contributed by atoms with Crippen LogP contribution in [0.2, 0.25) is 0 Å². The minimum atomic E-state index is -0.103. The Kier molecular flexibility index (Phi) is 3.41. The van der Waals surface area contributed by atoms with Crippen molar-refractivity contribution in [2.24, 2.45) is 0 Å². The van der Waals surface area contributed by atoms with Crippen LogP contribution in [-0.2, 0) is 11.2 Å². The molecule has 0 saturated heterocycles. The number of hydrogen-bond acceptors (Lipinski definition) is 3. The zero-order valence-corrected chi connectivity index (χ0v) is 7.03. The van der Waals surface area contributed by atoms with Gasteiger partial charge in [0.15, 0.2) is 0 Å². The Hall–Kier alpha value is -1.22. The second-order valence-electron chi connectivity index (χ2n) is 2.60. The quantitative estimate of drug-likeness (QED) is 0.655. The molecular formula is C9H12N2O. The number of pyridine rings is 1. The molecular weight excluding hydrogens is 152 g/mol. The molecule has 0 saturated carbocycles. The van der Waals surface area contributed by atoms with E-state index in [0.29, 0.717) is 6.42 Å². The number of carbonyl (C=O) groups excluding carboxylic acids is 1. The number of carbonyl (C=O) groups is 1. The van der Waals surface area contributed by atoms with Gasteiger partial charge in [-0.25, -0.2) is 0 Å². The molecule has 3 nitrogen and oxygen atoms in total. The summed E-state index contributed by atoms with van der Waals surface area (Å²) in [6, 6.07) is 3.72. The van der Waals surface area contributed by atoms with Gasteiger partial charge in [0.1, 0.15) is 6.29 Å². The van der Waals surface area contributed by atoms with Crippen LogP contribution in [0.15, 0.2) is 24.5 Å². The number of hydrogen-bond donors (Lipinski definition) is 1. The fourth-order valence-corrected chi connectivity index (χ4v) is 0.991. The number of aromatic nitrogens is 1. The van der Waals surface area contributed by atoms with Crippen LogP contribution in [0.25, 0.3) is 0 Å². The van der Waals surface area contributed by atoms with E-state index in [1.54, 1.807) is 19.4 Å². The highest BCUT2D eigenvalue weighted by molar-refractivity contribution is 5.58. The van der Waals surface area contributed by atoms with Gasteiger partial charge in [-0.1, -0.05) is 6.07 Å². The molecule has 3 heteroatoms. The number of likely N-dealkylation sites (N-methyl/N-ethyl adjacent to an activating group) is 1. The Morgan fingerprint density at radius 1 is 1.75 bits per heavy atom. The van der Waals surface area contributed by atoms with Crippen LogP contribution in [0.3, 0.4) is 0 Å². The van der Waals surface area contributed by atoms with Gasteiger partial charge in [0, 0.05) is 12.4 Å². The van der Waals surface area contributed by atoms with E-state index in [0.717, 1.165) is 11.8 Å². The second-order valence-corrected chi connectivity index (χ2v) is 2.60. The molecule has 1 aromatic heterocycles. The summed E-state index contributed by atoms with van der Waals surface area (Å²) in [5.41, 5.74) is 1.07. The van der Waals surface area contributed by atoms with Gasteiger partial charge in [0.2, 0.25) is 0 Å². The molecule has 0 unspecified atom stereocenters. The summed E-state index contributed by atoms with van der Waals surface area (Å²) in [5.74, 6) is 0. The molecule has 0 fully saturated rings. The van der Waals surface area contributed by atoms with E-state index in [-0.39, 0.29) is 6.04 Å². The summed E-state index contributed by atoms with van der Waals surface area (Å²) >= 11 is 0. The van der Waals surface area contributed by atoms with Crippen molar-refractivity contribution in [3.05, 3.63) is 30.1 Å². The Labute approximate surface area is 71.8 Å². The average molecular weight is 164 g/mol. The maximum Gasteiger partial charge on any atom is 0.137 e. The molecule has 1 atom stereocenters. The van der Waals surface area contributed by atoms with Crippen molar-refractivity contribution in [3.63, 3.8) is 0 Å². The molecule has 1 rings (SSSR count). The molecule has 0 amide bonds. The number of aldehydes is 1. The maximum absolute atomic E-state index is 10.5. The minimum Gasteiger partial charge on any atom is -0.311 e. The first-order valence-corrected chi connectivity index (χ1v) is 3.88. The molecule has 0 bridgehead atoms. The van der Waals surface area contributed by atoms with Crippen molar-refractivity contribution < 1.29 is 4.79 Å². The Bertz CT molecular complexity index is 236. The van der Waals surface area contributed by atoms with Crippen LogP contribution in [0.1, 0.15) is 5.56 Å². The lowest BCUT2D eigenvalue weighted by Crippen LogP contribution is -2.28. The highest BCUT2D eigenvalue weighted by Crippen LogP contribution is 1.98.